The third-order valence-corrected chi connectivity index (χ3v) is 4.64. The highest BCUT2D eigenvalue weighted by Gasteiger charge is 2.27. The standard InChI is InChI=1S/C19H26N4O/c1-21(2)19(24)16-12-22(3)10-11-23(13-16)14-17-9-8-15-6-4-5-7-18(15)20-17/h4-9,16H,10-14H2,1-3H3. The van der Waals surface area contributed by atoms with Crippen LogP contribution in [-0.2, 0) is 11.3 Å². The molecule has 0 saturated carbocycles. The predicted octanol–water partition coefficient (Wildman–Crippen LogP) is 1.69. The van der Waals surface area contributed by atoms with Crippen LogP contribution in [0.5, 0.6) is 0 Å². The van der Waals surface area contributed by atoms with Crippen molar-refractivity contribution < 1.29 is 4.79 Å². The van der Waals surface area contributed by atoms with E-state index in [-0.39, 0.29) is 11.8 Å². The van der Waals surface area contributed by atoms with Gasteiger partial charge in [0.25, 0.3) is 0 Å². The van der Waals surface area contributed by atoms with Gasteiger partial charge in [-0.2, -0.15) is 0 Å². The second-order valence-electron chi connectivity index (χ2n) is 6.92. The summed E-state index contributed by atoms with van der Waals surface area (Å²) >= 11 is 0. The first-order valence-corrected chi connectivity index (χ1v) is 8.49. The minimum Gasteiger partial charge on any atom is -0.348 e. The van der Waals surface area contributed by atoms with Gasteiger partial charge in [0, 0.05) is 52.2 Å². The number of likely N-dealkylation sites (N-methyl/N-ethyl adjacent to an activating group) is 1. The zero-order chi connectivity index (χ0) is 17.1. The SMILES string of the molecule is CN1CCN(Cc2ccc3ccccc3n2)CC(C(=O)N(C)C)C1. The third-order valence-electron chi connectivity index (χ3n) is 4.64. The van der Waals surface area contributed by atoms with Gasteiger partial charge in [-0.15, -0.1) is 0 Å². The van der Waals surface area contributed by atoms with Crippen LogP contribution < -0.4 is 0 Å². The molecule has 1 aromatic carbocycles. The number of amides is 1. The number of nitrogens with zero attached hydrogens (tertiary/aromatic N) is 4. The number of hydrogen-bond acceptors (Lipinski definition) is 4. The Hall–Kier alpha value is -1.98. The Kier molecular flexibility index (Phi) is 5.11. The Morgan fingerprint density at radius 2 is 1.96 bits per heavy atom. The van der Waals surface area contributed by atoms with Crippen molar-refractivity contribution in [3.8, 4) is 0 Å². The van der Waals surface area contributed by atoms with Gasteiger partial charge in [-0.3, -0.25) is 14.7 Å². The molecule has 3 rings (SSSR count). The quantitative estimate of drug-likeness (QED) is 0.860. The monoisotopic (exact) mass is 326 g/mol. The van der Waals surface area contributed by atoms with Gasteiger partial charge >= 0.3 is 0 Å². The fraction of sp³-hybridized carbons (Fsp3) is 0.474. The highest BCUT2D eigenvalue weighted by atomic mass is 16.2. The van der Waals surface area contributed by atoms with E-state index in [2.05, 4.69) is 35.0 Å². The number of rotatable bonds is 3. The van der Waals surface area contributed by atoms with Crippen LogP contribution in [-0.4, -0.2) is 72.9 Å². The molecule has 1 unspecified atom stereocenters. The average Bonchev–Trinajstić information content (AvgIpc) is 2.75. The van der Waals surface area contributed by atoms with Gasteiger partial charge in [-0.05, 0) is 19.2 Å². The second-order valence-corrected chi connectivity index (χ2v) is 6.92. The lowest BCUT2D eigenvalue weighted by molar-refractivity contribution is -0.133. The van der Waals surface area contributed by atoms with Crippen LogP contribution in [0.4, 0.5) is 0 Å². The van der Waals surface area contributed by atoms with Crippen molar-refractivity contribution in [2.24, 2.45) is 5.92 Å². The van der Waals surface area contributed by atoms with Crippen LogP contribution in [0, 0.1) is 5.92 Å². The van der Waals surface area contributed by atoms with E-state index in [0.717, 1.165) is 49.3 Å². The number of para-hydroxylation sites is 1. The molecule has 0 spiro atoms. The molecule has 5 nitrogen and oxygen atoms in total. The molecule has 0 radical (unpaired) electrons. The van der Waals surface area contributed by atoms with Crippen molar-refractivity contribution in [2.75, 3.05) is 47.3 Å². The summed E-state index contributed by atoms with van der Waals surface area (Å²) in [6, 6.07) is 12.4. The molecule has 1 aliphatic rings. The number of benzene rings is 1. The minimum absolute atomic E-state index is 0.0213. The second kappa shape index (κ2) is 7.28. The first kappa shape index (κ1) is 16.9. The summed E-state index contributed by atoms with van der Waals surface area (Å²) in [6.45, 7) is 4.33. The molecule has 2 aromatic rings. The third kappa shape index (κ3) is 3.91. The van der Waals surface area contributed by atoms with E-state index in [0.29, 0.717) is 0 Å². The molecule has 1 aliphatic heterocycles. The summed E-state index contributed by atoms with van der Waals surface area (Å²) in [5.74, 6) is 0.230. The molecule has 1 atom stereocenters. The largest absolute Gasteiger partial charge is 0.348 e. The van der Waals surface area contributed by atoms with E-state index in [1.165, 1.54) is 0 Å². The van der Waals surface area contributed by atoms with Crippen LogP contribution in [0.3, 0.4) is 0 Å². The van der Waals surface area contributed by atoms with Crippen molar-refractivity contribution >= 4 is 16.8 Å². The molecule has 1 aromatic heterocycles. The fourth-order valence-electron chi connectivity index (χ4n) is 3.33. The molecular weight excluding hydrogens is 300 g/mol. The number of carbonyl (C=O) groups is 1. The molecule has 128 valence electrons. The Morgan fingerprint density at radius 1 is 1.17 bits per heavy atom. The highest BCUT2D eigenvalue weighted by Crippen LogP contribution is 2.16. The van der Waals surface area contributed by atoms with Gasteiger partial charge < -0.3 is 9.80 Å². The number of aromatic nitrogens is 1. The van der Waals surface area contributed by atoms with Gasteiger partial charge in [-0.1, -0.05) is 24.3 Å². The molecule has 1 amide bonds. The summed E-state index contributed by atoms with van der Waals surface area (Å²) in [4.78, 5) is 23.5. The Morgan fingerprint density at radius 3 is 2.75 bits per heavy atom. The molecule has 1 fully saturated rings. The van der Waals surface area contributed by atoms with E-state index in [1.807, 2.05) is 32.3 Å². The van der Waals surface area contributed by atoms with Crippen LogP contribution in [0.25, 0.3) is 10.9 Å². The molecule has 5 heteroatoms. The van der Waals surface area contributed by atoms with Gasteiger partial charge in [0.2, 0.25) is 5.91 Å². The van der Waals surface area contributed by atoms with E-state index in [9.17, 15) is 4.79 Å². The summed E-state index contributed by atoms with van der Waals surface area (Å²) in [5, 5.41) is 1.16. The van der Waals surface area contributed by atoms with Crippen molar-refractivity contribution in [2.45, 2.75) is 6.54 Å². The molecule has 0 N–H and O–H groups in total. The predicted molar refractivity (Wildman–Crippen MR) is 96.7 cm³/mol. The Labute approximate surface area is 143 Å². The van der Waals surface area contributed by atoms with E-state index in [4.69, 9.17) is 4.98 Å². The highest BCUT2D eigenvalue weighted by molar-refractivity contribution is 5.79. The molecule has 0 bridgehead atoms. The molecular formula is C19H26N4O. The van der Waals surface area contributed by atoms with E-state index < -0.39 is 0 Å². The number of hydrogen-bond donors (Lipinski definition) is 0. The van der Waals surface area contributed by atoms with Gasteiger partial charge in [0.1, 0.15) is 0 Å². The van der Waals surface area contributed by atoms with Crippen molar-refractivity contribution in [1.29, 1.82) is 0 Å². The molecule has 2 heterocycles. The Balaban J connectivity index is 1.75. The maximum Gasteiger partial charge on any atom is 0.227 e. The summed E-state index contributed by atoms with van der Waals surface area (Å²) in [6.07, 6.45) is 0. The number of fused-ring (bicyclic) bond motifs is 1. The summed E-state index contributed by atoms with van der Waals surface area (Å²) < 4.78 is 0. The molecule has 1 saturated heterocycles. The van der Waals surface area contributed by atoms with Crippen molar-refractivity contribution in [3.05, 3.63) is 42.1 Å². The van der Waals surface area contributed by atoms with Gasteiger partial charge in [-0.25, -0.2) is 0 Å². The minimum atomic E-state index is 0.0213. The van der Waals surface area contributed by atoms with E-state index in [1.54, 1.807) is 4.90 Å². The van der Waals surface area contributed by atoms with Gasteiger partial charge in [0.15, 0.2) is 0 Å². The Bertz CT molecular complexity index is 715. The topological polar surface area (TPSA) is 39.7 Å². The van der Waals surface area contributed by atoms with E-state index >= 15 is 0 Å². The maximum atomic E-state index is 12.4. The van der Waals surface area contributed by atoms with Crippen LogP contribution in [0.15, 0.2) is 36.4 Å². The zero-order valence-electron chi connectivity index (χ0n) is 14.8. The smallest absolute Gasteiger partial charge is 0.227 e. The van der Waals surface area contributed by atoms with Crippen LogP contribution >= 0.6 is 0 Å². The normalized spacial score (nSPS) is 20.0. The lowest BCUT2D eigenvalue weighted by Crippen LogP contribution is -2.40. The molecule has 0 aliphatic carbocycles. The summed E-state index contributed by atoms with van der Waals surface area (Å²) in [7, 11) is 5.76. The maximum absolute atomic E-state index is 12.4. The van der Waals surface area contributed by atoms with Gasteiger partial charge in [0.05, 0.1) is 17.1 Å². The van der Waals surface area contributed by atoms with Crippen LogP contribution in [0.2, 0.25) is 0 Å². The summed E-state index contributed by atoms with van der Waals surface area (Å²) in [5.41, 5.74) is 2.09. The first-order chi connectivity index (χ1) is 11.5. The average molecular weight is 326 g/mol. The number of carbonyl (C=O) groups excluding carboxylic acids is 1. The van der Waals surface area contributed by atoms with Crippen LogP contribution in [0.1, 0.15) is 5.69 Å². The lowest BCUT2D eigenvalue weighted by atomic mass is 10.1. The van der Waals surface area contributed by atoms with Crippen molar-refractivity contribution in [1.82, 2.24) is 19.7 Å². The van der Waals surface area contributed by atoms with Crippen molar-refractivity contribution in [3.63, 3.8) is 0 Å². The lowest BCUT2D eigenvalue weighted by Gasteiger charge is -2.25. The fourth-order valence-corrected chi connectivity index (χ4v) is 3.33. The molecule has 24 heavy (non-hydrogen) atoms. The first-order valence-electron chi connectivity index (χ1n) is 8.49. The zero-order valence-corrected chi connectivity index (χ0v) is 14.8. The number of pyridine rings is 1.